The van der Waals surface area contributed by atoms with Crippen LogP contribution in [0.4, 0.5) is 0 Å². The highest BCUT2D eigenvalue weighted by Gasteiger charge is 2.27. The van der Waals surface area contributed by atoms with Gasteiger partial charge in [-0.15, -0.1) is 6.42 Å². The number of H-pyrrole nitrogens is 1. The number of aromatic amines is 1. The van der Waals surface area contributed by atoms with Crippen molar-refractivity contribution in [1.29, 1.82) is 0 Å². The monoisotopic (exact) mass is 256 g/mol. The molecule has 0 saturated heterocycles. The van der Waals surface area contributed by atoms with E-state index in [4.69, 9.17) is 6.42 Å². The maximum Gasteiger partial charge on any atom is 0.263 e. The van der Waals surface area contributed by atoms with Gasteiger partial charge in [0.25, 0.3) is 10.0 Å². The standard InChI is InChI=1S/C10H16N4O2S/c1-5-6-14(4)17(15,16)10-9(7-11-3)8(2)12-13-10/h1,11H,6-7H2,2-4H3,(H,12,13). The fourth-order valence-electron chi connectivity index (χ4n) is 1.39. The third kappa shape index (κ3) is 2.66. The van der Waals surface area contributed by atoms with E-state index in [9.17, 15) is 8.42 Å². The van der Waals surface area contributed by atoms with Crippen molar-refractivity contribution in [2.24, 2.45) is 0 Å². The predicted molar refractivity (Wildman–Crippen MR) is 64.7 cm³/mol. The Morgan fingerprint density at radius 2 is 2.24 bits per heavy atom. The first-order chi connectivity index (χ1) is 7.95. The lowest BCUT2D eigenvalue weighted by Crippen LogP contribution is -2.28. The zero-order valence-corrected chi connectivity index (χ0v) is 10.9. The third-order valence-corrected chi connectivity index (χ3v) is 4.13. The molecule has 0 amide bonds. The van der Waals surface area contributed by atoms with Gasteiger partial charge in [-0.1, -0.05) is 5.92 Å². The number of terminal acetylenes is 1. The second-order valence-electron chi connectivity index (χ2n) is 3.63. The summed E-state index contributed by atoms with van der Waals surface area (Å²) in [5.74, 6) is 2.29. The lowest BCUT2D eigenvalue weighted by Gasteiger charge is -2.13. The number of hydrogen-bond donors (Lipinski definition) is 2. The van der Waals surface area contributed by atoms with Crippen LogP contribution in [0.3, 0.4) is 0 Å². The SMILES string of the molecule is C#CCN(C)S(=O)(=O)c1n[nH]c(C)c1CNC. The number of rotatable bonds is 5. The average molecular weight is 256 g/mol. The molecular formula is C10H16N4O2S. The molecule has 6 nitrogen and oxygen atoms in total. The molecule has 17 heavy (non-hydrogen) atoms. The lowest BCUT2D eigenvalue weighted by molar-refractivity contribution is 0.497. The van der Waals surface area contributed by atoms with Crippen LogP contribution in [0.15, 0.2) is 5.03 Å². The summed E-state index contributed by atoms with van der Waals surface area (Å²) in [7, 11) is -0.448. The second-order valence-corrected chi connectivity index (χ2v) is 5.59. The molecule has 1 rings (SSSR count). The van der Waals surface area contributed by atoms with Crippen LogP contribution in [0.5, 0.6) is 0 Å². The number of sulfonamides is 1. The van der Waals surface area contributed by atoms with Gasteiger partial charge in [0.15, 0.2) is 5.03 Å². The quantitative estimate of drug-likeness (QED) is 0.709. The van der Waals surface area contributed by atoms with Crippen molar-refractivity contribution in [3.05, 3.63) is 11.3 Å². The van der Waals surface area contributed by atoms with Crippen LogP contribution in [0.1, 0.15) is 11.3 Å². The average Bonchev–Trinajstić information content (AvgIpc) is 2.62. The summed E-state index contributed by atoms with van der Waals surface area (Å²) >= 11 is 0. The Kier molecular flexibility index (Phi) is 4.28. The van der Waals surface area contributed by atoms with Gasteiger partial charge >= 0.3 is 0 Å². The Hall–Kier alpha value is -1.36. The first-order valence-electron chi connectivity index (χ1n) is 5.03. The molecule has 0 aliphatic rings. The highest BCUT2D eigenvalue weighted by molar-refractivity contribution is 7.89. The summed E-state index contributed by atoms with van der Waals surface area (Å²) in [4.78, 5) is 0. The van der Waals surface area contributed by atoms with Gasteiger partial charge in [-0.2, -0.15) is 9.40 Å². The van der Waals surface area contributed by atoms with Crippen molar-refractivity contribution in [1.82, 2.24) is 19.8 Å². The molecule has 0 aliphatic carbocycles. The van der Waals surface area contributed by atoms with E-state index >= 15 is 0 Å². The molecule has 2 N–H and O–H groups in total. The summed E-state index contributed by atoms with van der Waals surface area (Å²) in [5, 5.41) is 9.46. The number of aryl methyl sites for hydroxylation is 1. The molecule has 0 fully saturated rings. The topological polar surface area (TPSA) is 78.1 Å². The molecule has 94 valence electrons. The van der Waals surface area contributed by atoms with Crippen LogP contribution in [0, 0.1) is 19.3 Å². The Balaban J connectivity index is 3.20. The van der Waals surface area contributed by atoms with Gasteiger partial charge < -0.3 is 5.32 Å². The molecule has 1 aromatic rings. The van der Waals surface area contributed by atoms with E-state index < -0.39 is 10.0 Å². The van der Waals surface area contributed by atoms with Gasteiger partial charge in [-0.3, -0.25) is 5.10 Å². The third-order valence-electron chi connectivity index (χ3n) is 2.36. The van der Waals surface area contributed by atoms with Crippen molar-refractivity contribution in [2.75, 3.05) is 20.6 Å². The molecule has 0 aromatic carbocycles. The van der Waals surface area contributed by atoms with E-state index in [2.05, 4.69) is 21.4 Å². The maximum absolute atomic E-state index is 12.2. The fourth-order valence-corrected chi connectivity index (χ4v) is 2.63. The number of hydrogen-bond acceptors (Lipinski definition) is 4. The summed E-state index contributed by atoms with van der Waals surface area (Å²) in [6.45, 7) is 2.23. The molecular weight excluding hydrogens is 240 g/mol. The largest absolute Gasteiger partial charge is 0.316 e. The molecule has 0 atom stereocenters. The van der Waals surface area contributed by atoms with E-state index in [1.54, 1.807) is 14.0 Å². The van der Waals surface area contributed by atoms with Crippen LogP contribution >= 0.6 is 0 Å². The van der Waals surface area contributed by atoms with Gasteiger partial charge in [0.05, 0.1) is 6.54 Å². The Labute approximate surface area is 101 Å². The zero-order valence-electron chi connectivity index (χ0n) is 10.1. The highest BCUT2D eigenvalue weighted by Crippen LogP contribution is 2.19. The predicted octanol–water partition coefficient (Wildman–Crippen LogP) is -0.309. The Bertz CT molecular complexity index is 527. The minimum Gasteiger partial charge on any atom is -0.316 e. The van der Waals surface area contributed by atoms with Gasteiger partial charge in [0.2, 0.25) is 0 Å². The van der Waals surface area contributed by atoms with Crippen molar-refractivity contribution < 1.29 is 8.42 Å². The lowest BCUT2D eigenvalue weighted by atomic mass is 10.3. The second kappa shape index (κ2) is 5.31. The van der Waals surface area contributed by atoms with Gasteiger partial charge in [-0.25, -0.2) is 8.42 Å². The first-order valence-corrected chi connectivity index (χ1v) is 6.47. The van der Waals surface area contributed by atoms with E-state index in [-0.39, 0.29) is 11.6 Å². The van der Waals surface area contributed by atoms with Crippen molar-refractivity contribution in [2.45, 2.75) is 18.5 Å². The van der Waals surface area contributed by atoms with Gasteiger partial charge in [0, 0.05) is 24.8 Å². The van der Waals surface area contributed by atoms with Crippen LogP contribution < -0.4 is 5.32 Å². The summed E-state index contributed by atoms with van der Waals surface area (Å²) in [6.07, 6.45) is 5.11. The molecule has 1 aromatic heterocycles. The molecule has 0 aliphatic heterocycles. The van der Waals surface area contributed by atoms with Crippen LogP contribution in [0.2, 0.25) is 0 Å². The molecule has 0 spiro atoms. The van der Waals surface area contributed by atoms with E-state index in [0.29, 0.717) is 12.1 Å². The Morgan fingerprint density at radius 1 is 1.59 bits per heavy atom. The summed E-state index contributed by atoms with van der Waals surface area (Å²) in [5.41, 5.74) is 1.36. The number of aromatic nitrogens is 2. The maximum atomic E-state index is 12.2. The number of nitrogens with one attached hydrogen (secondary N) is 2. The normalized spacial score (nSPS) is 11.7. The fraction of sp³-hybridized carbons (Fsp3) is 0.500. The van der Waals surface area contributed by atoms with E-state index in [1.165, 1.54) is 7.05 Å². The first kappa shape index (κ1) is 13.7. The van der Waals surface area contributed by atoms with Crippen LogP contribution in [0.25, 0.3) is 0 Å². The highest BCUT2D eigenvalue weighted by atomic mass is 32.2. The zero-order chi connectivity index (χ0) is 13.1. The van der Waals surface area contributed by atoms with Gasteiger partial charge in [-0.05, 0) is 14.0 Å². The van der Waals surface area contributed by atoms with E-state index in [1.807, 2.05) is 0 Å². The van der Waals surface area contributed by atoms with E-state index in [0.717, 1.165) is 10.00 Å². The molecule has 0 unspecified atom stereocenters. The molecule has 0 bridgehead atoms. The van der Waals surface area contributed by atoms with Gasteiger partial charge in [0.1, 0.15) is 0 Å². The van der Waals surface area contributed by atoms with Crippen molar-refractivity contribution in [3.63, 3.8) is 0 Å². The molecule has 0 radical (unpaired) electrons. The van der Waals surface area contributed by atoms with Crippen LogP contribution in [-0.4, -0.2) is 43.6 Å². The molecule has 0 saturated carbocycles. The van der Waals surface area contributed by atoms with Crippen molar-refractivity contribution >= 4 is 10.0 Å². The van der Waals surface area contributed by atoms with Crippen molar-refractivity contribution in [3.8, 4) is 12.3 Å². The summed E-state index contributed by atoms with van der Waals surface area (Å²) in [6, 6.07) is 0. The molecule has 1 heterocycles. The molecule has 7 heteroatoms. The Morgan fingerprint density at radius 3 is 2.76 bits per heavy atom. The smallest absolute Gasteiger partial charge is 0.263 e. The minimum absolute atomic E-state index is 0.0211. The van der Waals surface area contributed by atoms with Crippen LogP contribution in [-0.2, 0) is 16.6 Å². The minimum atomic E-state index is -3.62. The number of nitrogens with zero attached hydrogens (tertiary/aromatic N) is 2. The summed E-state index contributed by atoms with van der Waals surface area (Å²) < 4.78 is 25.4.